The number of H-pyrrole nitrogens is 1. The molecule has 90 valence electrons. The van der Waals surface area contributed by atoms with E-state index in [9.17, 15) is 8.42 Å². The molecule has 1 aromatic heterocycles. The van der Waals surface area contributed by atoms with Crippen LogP contribution in [0.3, 0.4) is 0 Å². The molecule has 5 nitrogen and oxygen atoms in total. The highest BCUT2D eigenvalue weighted by atomic mass is 32.2. The van der Waals surface area contributed by atoms with Gasteiger partial charge in [0, 0.05) is 6.04 Å². The van der Waals surface area contributed by atoms with Crippen LogP contribution in [0.4, 0.5) is 0 Å². The minimum Gasteiger partial charge on any atom is -0.266 e. The number of nitrogens with one attached hydrogen (secondary N) is 2. The van der Waals surface area contributed by atoms with Crippen LogP contribution in [0.2, 0.25) is 0 Å². The topological polar surface area (TPSA) is 74.8 Å². The van der Waals surface area contributed by atoms with E-state index in [1.165, 1.54) is 12.3 Å². The zero-order valence-corrected chi connectivity index (χ0v) is 10.3. The molecular formula is C10H17N3O2S. The van der Waals surface area contributed by atoms with E-state index in [-0.39, 0.29) is 16.5 Å². The second kappa shape index (κ2) is 3.85. The molecule has 2 N–H and O–H groups in total. The molecule has 0 saturated heterocycles. The van der Waals surface area contributed by atoms with Gasteiger partial charge in [-0.15, -0.1) is 0 Å². The molecule has 1 unspecified atom stereocenters. The summed E-state index contributed by atoms with van der Waals surface area (Å²) >= 11 is 0. The summed E-state index contributed by atoms with van der Waals surface area (Å²) < 4.78 is 26.5. The standard InChI is InChI=1S/C10H17N3O2S/c1-10(2)5-3-8(7-10)13-16(14,15)9-4-6-11-12-9/h4,6,8,13H,3,5,7H2,1-2H3,(H,11,12). The predicted octanol–water partition coefficient (Wildman–Crippen LogP) is 1.27. The molecule has 0 radical (unpaired) electrons. The average Bonchev–Trinajstić information content (AvgIpc) is 2.74. The molecule has 1 heterocycles. The van der Waals surface area contributed by atoms with Crippen molar-refractivity contribution in [3.05, 3.63) is 12.3 Å². The van der Waals surface area contributed by atoms with Crippen molar-refractivity contribution in [3.8, 4) is 0 Å². The van der Waals surface area contributed by atoms with Crippen LogP contribution in [-0.2, 0) is 10.0 Å². The van der Waals surface area contributed by atoms with E-state index in [2.05, 4.69) is 28.8 Å². The van der Waals surface area contributed by atoms with E-state index >= 15 is 0 Å². The van der Waals surface area contributed by atoms with Crippen molar-refractivity contribution in [1.82, 2.24) is 14.9 Å². The van der Waals surface area contributed by atoms with Gasteiger partial charge < -0.3 is 0 Å². The fourth-order valence-electron chi connectivity index (χ4n) is 2.21. The molecule has 6 heteroatoms. The van der Waals surface area contributed by atoms with Crippen molar-refractivity contribution in [2.24, 2.45) is 5.41 Å². The van der Waals surface area contributed by atoms with Gasteiger partial charge in [-0.05, 0) is 30.7 Å². The lowest BCUT2D eigenvalue weighted by Crippen LogP contribution is -2.33. The predicted molar refractivity (Wildman–Crippen MR) is 60.3 cm³/mol. The molecule has 1 aliphatic rings. The molecular weight excluding hydrogens is 226 g/mol. The molecule has 2 rings (SSSR count). The summed E-state index contributed by atoms with van der Waals surface area (Å²) in [5.41, 5.74) is 0.237. The Morgan fingerprint density at radius 2 is 2.31 bits per heavy atom. The third kappa shape index (κ3) is 2.44. The number of rotatable bonds is 3. The van der Waals surface area contributed by atoms with Crippen LogP contribution in [0.15, 0.2) is 17.3 Å². The quantitative estimate of drug-likeness (QED) is 0.839. The first-order chi connectivity index (χ1) is 7.39. The summed E-state index contributed by atoms with van der Waals surface area (Å²) in [6.45, 7) is 4.33. The third-order valence-corrected chi connectivity index (χ3v) is 4.51. The summed E-state index contributed by atoms with van der Waals surface area (Å²) in [6, 6.07) is 1.51. The molecule has 0 amide bonds. The van der Waals surface area contributed by atoms with E-state index in [0.29, 0.717) is 0 Å². The first-order valence-electron chi connectivity index (χ1n) is 5.41. The lowest BCUT2D eigenvalue weighted by atomic mass is 9.92. The zero-order valence-electron chi connectivity index (χ0n) is 9.53. The summed E-state index contributed by atoms with van der Waals surface area (Å²) in [7, 11) is -3.42. The maximum absolute atomic E-state index is 11.9. The number of hydrogen-bond donors (Lipinski definition) is 2. The van der Waals surface area contributed by atoms with Gasteiger partial charge >= 0.3 is 0 Å². The first-order valence-corrected chi connectivity index (χ1v) is 6.89. The van der Waals surface area contributed by atoms with Crippen LogP contribution >= 0.6 is 0 Å². The Morgan fingerprint density at radius 3 is 2.81 bits per heavy atom. The maximum Gasteiger partial charge on any atom is 0.257 e. The lowest BCUT2D eigenvalue weighted by molar-refractivity contribution is 0.372. The number of hydrogen-bond acceptors (Lipinski definition) is 3. The van der Waals surface area contributed by atoms with Gasteiger partial charge in [0.25, 0.3) is 10.0 Å². The largest absolute Gasteiger partial charge is 0.266 e. The highest BCUT2D eigenvalue weighted by Crippen LogP contribution is 2.37. The molecule has 1 saturated carbocycles. The summed E-state index contributed by atoms with van der Waals surface area (Å²) in [6.07, 6.45) is 4.29. The minimum atomic E-state index is -3.42. The summed E-state index contributed by atoms with van der Waals surface area (Å²) in [4.78, 5) is 0. The highest BCUT2D eigenvalue weighted by molar-refractivity contribution is 7.89. The Bertz CT molecular complexity index is 450. The summed E-state index contributed by atoms with van der Waals surface area (Å²) in [5, 5.41) is 6.26. The molecule has 0 aliphatic heterocycles. The van der Waals surface area contributed by atoms with Crippen molar-refractivity contribution >= 4 is 10.0 Å². The number of aromatic amines is 1. The minimum absolute atomic E-state index is 0.0447. The fourth-order valence-corrected chi connectivity index (χ4v) is 3.39. The Kier molecular flexibility index (Phi) is 2.79. The average molecular weight is 243 g/mol. The van der Waals surface area contributed by atoms with Crippen LogP contribution in [0.25, 0.3) is 0 Å². The van der Waals surface area contributed by atoms with E-state index in [1.54, 1.807) is 0 Å². The molecule has 1 fully saturated rings. The molecule has 0 aromatic carbocycles. The van der Waals surface area contributed by atoms with Crippen LogP contribution in [-0.4, -0.2) is 24.7 Å². The van der Waals surface area contributed by atoms with Gasteiger partial charge in [0.15, 0.2) is 5.03 Å². The van der Waals surface area contributed by atoms with Crippen LogP contribution < -0.4 is 4.72 Å². The van der Waals surface area contributed by atoms with E-state index in [1.807, 2.05) is 0 Å². The van der Waals surface area contributed by atoms with E-state index < -0.39 is 10.0 Å². The number of aromatic nitrogens is 2. The molecule has 1 aromatic rings. The van der Waals surface area contributed by atoms with Gasteiger partial charge in [0.1, 0.15) is 0 Å². The second-order valence-corrected chi connectivity index (χ2v) is 6.83. The number of nitrogens with zero attached hydrogens (tertiary/aromatic N) is 1. The first kappa shape index (κ1) is 11.6. The number of sulfonamides is 1. The Balaban J connectivity index is 2.06. The van der Waals surface area contributed by atoms with Gasteiger partial charge in [-0.3, -0.25) is 5.10 Å². The molecule has 16 heavy (non-hydrogen) atoms. The Labute approximate surface area is 95.7 Å². The van der Waals surface area contributed by atoms with Crippen molar-refractivity contribution < 1.29 is 8.42 Å². The van der Waals surface area contributed by atoms with Gasteiger partial charge in [0.2, 0.25) is 0 Å². The smallest absolute Gasteiger partial charge is 0.257 e. The summed E-state index contributed by atoms with van der Waals surface area (Å²) in [5.74, 6) is 0. The Hall–Kier alpha value is -0.880. The molecule has 1 atom stereocenters. The van der Waals surface area contributed by atoms with Gasteiger partial charge in [-0.25, -0.2) is 13.1 Å². The van der Waals surface area contributed by atoms with Gasteiger partial charge in [-0.1, -0.05) is 13.8 Å². The van der Waals surface area contributed by atoms with E-state index in [0.717, 1.165) is 19.3 Å². The van der Waals surface area contributed by atoms with Gasteiger partial charge in [-0.2, -0.15) is 5.10 Å². The fraction of sp³-hybridized carbons (Fsp3) is 0.700. The van der Waals surface area contributed by atoms with Crippen molar-refractivity contribution in [1.29, 1.82) is 0 Å². The monoisotopic (exact) mass is 243 g/mol. The molecule has 0 bridgehead atoms. The highest BCUT2D eigenvalue weighted by Gasteiger charge is 2.33. The van der Waals surface area contributed by atoms with Crippen molar-refractivity contribution in [2.75, 3.05) is 0 Å². The van der Waals surface area contributed by atoms with Crippen molar-refractivity contribution in [3.63, 3.8) is 0 Å². The van der Waals surface area contributed by atoms with Crippen LogP contribution in [0, 0.1) is 5.41 Å². The zero-order chi connectivity index (χ0) is 11.8. The third-order valence-electron chi connectivity index (χ3n) is 3.06. The second-order valence-electron chi connectivity index (χ2n) is 5.15. The van der Waals surface area contributed by atoms with Gasteiger partial charge in [0.05, 0.1) is 6.20 Å². The molecule has 1 aliphatic carbocycles. The normalized spacial score (nSPS) is 24.8. The lowest BCUT2D eigenvalue weighted by Gasteiger charge is -2.17. The Morgan fingerprint density at radius 1 is 1.56 bits per heavy atom. The van der Waals surface area contributed by atoms with Crippen molar-refractivity contribution in [2.45, 2.75) is 44.2 Å². The van der Waals surface area contributed by atoms with E-state index in [4.69, 9.17) is 0 Å². The van der Waals surface area contributed by atoms with Crippen LogP contribution in [0.5, 0.6) is 0 Å². The van der Waals surface area contributed by atoms with Crippen LogP contribution in [0.1, 0.15) is 33.1 Å². The maximum atomic E-state index is 11.9. The SMILES string of the molecule is CC1(C)CCC(NS(=O)(=O)c2ccn[nH]2)C1. The molecule has 0 spiro atoms.